The molecule has 0 N–H and O–H groups in total. The molecule has 0 unspecified atom stereocenters. The van der Waals surface area contributed by atoms with Gasteiger partial charge in [0.05, 0.1) is 13.2 Å². The van der Waals surface area contributed by atoms with Gasteiger partial charge in [0.2, 0.25) is 0 Å². The van der Waals surface area contributed by atoms with E-state index in [1.807, 2.05) is 6.55 Å². The Hall–Kier alpha value is -0.356. The minimum absolute atomic E-state index is 0.283. The Bertz CT molecular complexity index is 440. The molecule has 0 saturated heterocycles. The first-order valence-electron chi connectivity index (χ1n) is 7.79. The predicted octanol–water partition coefficient (Wildman–Crippen LogP) is 4.23. The van der Waals surface area contributed by atoms with Gasteiger partial charge in [-0.3, -0.25) is 0 Å². The number of ether oxygens (including phenoxy) is 2. The van der Waals surface area contributed by atoms with Crippen LogP contribution in [0.2, 0.25) is 18.6 Å². The average Bonchev–Trinajstić information content (AvgIpc) is 2.61. The number of carbonyl (C=O) groups excluding carboxylic acids is 2. The van der Waals surface area contributed by atoms with Crippen LogP contribution in [0, 0.1) is 0 Å². The summed E-state index contributed by atoms with van der Waals surface area (Å²) in [6.45, 7) is 9.20. The van der Waals surface area contributed by atoms with Gasteiger partial charge in [-0.1, -0.05) is 13.2 Å². The number of carbonyl (C=O) groups is 2. The summed E-state index contributed by atoms with van der Waals surface area (Å²) in [6.07, 6.45) is 3.60. The minimum atomic E-state index is -2.54. The first kappa shape index (κ1) is 27.9. The summed E-state index contributed by atoms with van der Waals surface area (Å²) in [6, 6.07) is -1.23. The van der Waals surface area contributed by atoms with Crippen LogP contribution in [0.1, 0.15) is 12.8 Å². The highest BCUT2D eigenvalue weighted by atomic mass is 35.8. The van der Waals surface area contributed by atoms with Crippen molar-refractivity contribution < 1.29 is 27.9 Å². The van der Waals surface area contributed by atoms with Crippen LogP contribution < -0.4 is 0 Å². The number of hydrogen-bond acceptors (Lipinski definition) is 6. The zero-order valence-electron chi connectivity index (χ0n) is 15.4. The fraction of sp³-hybridized carbons (Fsp3) is 0.600. The molecule has 0 heterocycles. The lowest BCUT2D eigenvalue weighted by atomic mass is 10.5. The molecule has 0 aromatic rings. The highest BCUT2D eigenvalue weighted by Gasteiger charge is 2.27. The van der Waals surface area contributed by atoms with Gasteiger partial charge in [0.1, 0.15) is 0 Å². The molecule has 0 fully saturated rings. The van der Waals surface area contributed by atoms with Gasteiger partial charge in [-0.2, -0.15) is 0 Å². The van der Waals surface area contributed by atoms with Crippen LogP contribution in [-0.4, -0.2) is 53.9 Å². The Morgan fingerprint density at radius 1 is 0.885 bits per heavy atom. The van der Waals surface area contributed by atoms with Crippen molar-refractivity contribution in [1.29, 1.82) is 0 Å². The van der Waals surface area contributed by atoms with Crippen molar-refractivity contribution in [3.8, 4) is 0 Å². The summed E-state index contributed by atoms with van der Waals surface area (Å²) < 4.78 is 20.1. The van der Waals surface area contributed by atoms with Gasteiger partial charge in [0.15, 0.2) is 0 Å². The monoisotopic (exact) mass is 464 g/mol. The van der Waals surface area contributed by atoms with Crippen molar-refractivity contribution in [3.05, 3.63) is 25.3 Å². The molecule has 0 rings (SSSR count). The minimum Gasteiger partial charge on any atom is -0.463 e. The molecule has 0 aliphatic carbocycles. The second kappa shape index (κ2) is 15.7. The van der Waals surface area contributed by atoms with Crippen LogP contribution in [0.15, 0.2) is 25.3 Å². The standard InChI is InChI=1S/C9H18O4Si.C6H9Cl3O2Si/c1-5-9(10)13-7-6-8-14(4,11-2)12-3;1-2-6(10)11-4-3-5-12(7,8)9/h5H,1,6-8H2,2-4H3;2H,1,3-5H2. The predicted molar refractivity (Wildman–Crippen MR) is 110 cm³/mol. The van der Waals surface area contributed by atoms with E-state index in [0.717, 1.165) is 24.6 Å². The number of rotatable bonds is 12. The van der Waals surface area contributed by atoms with Gasteiger partial charge in [0, 0.05) is 26.4 Å². The maximum absolute atomic E-state index is 10.7. The zero-order valence-corrected chi connectivity index (χ0v) is 19.7. The highest BCUT2D eigenvalue weighted by Crippen LogP contribution is 2.26. The van der Waals surface area contributed by atoms with E-state index in [1.54, 1.807) is 14.2 Å². The van der Waals surface area contributed by atoms with E-state index >= 15 is 0 Å². The molecule has 0 aromatic heterocycles. The fourth-order valence-corrected chi connectivity index (χ4v) is 4.53. The van der Waals surface area contributed by atoms with Crippen LogP contribution in [0.5, 0.6) is 0 Å². The third kappa shape index (κ3) is 18.4. The Balaban J connectivity index is 0. The molecular weight excluding hydrogens is 439 g/mol. The maximum atomic E-state index is 10.7. The van der Waals surface area contributed by atoms with E-state index in [-0.39, 0.29) is 12.6 Å². The average molecular weight is 466 g/mol. The first-order chi connectivity index (χ1) is 12.0. The molecule has 0 spiro atoms. The molecule has 0 aliphatic rings. The SMILES string of the molecule is C=CC(=O)OCCC[Si](C)(OC)OC.C=CC(=O)OCCC[Si](Cl)(Cl)Cl. The lowest BCUT2D eigenvalue weighted by molar-refractivity contribution is -0.138. The molecular formula is C15H27Cl3O6Si2. The van der Waals surface area contributed by atoms with Gasteiger partial charge in [0.25, 0.3) is 0 Å². The van der Waals surface area contributed by atoms with Crippen molar-refractivity contribution in [2.24, 2.45) is 0 Å². The summed E-state index contributed by atoms with van der Waals surface area (Å²) >= 11 is 16.8. The molecule has 0 amide bonds. The Labute approximate surface area is 171 Å². The second-order valence-corrected chi connectivity index (χ2v) is 18.0. The van der Waals surface area contributed by atoms with Gasteiger partial charge in [-0.05, 0) is 31.5 Å². The van der Waals surface area contributed by atoms with Gasteiger partial charge < -0.3 is 18.3 Å². The van der Waals surface area contributed by atoms with Crippen LogP contribution >= 0.6 is 33.2 Å². The van der Waals surface area contributed by atoms with Crippen molar-refractivity contribution in [2.45, 2.75) is 31.5 Å². The normalized spacial score (nSPS) is 11.0. The molecule has 0 atom stereocenters. The quantitative estimate of drug-likeness (QED) is 0.141. The maximum Gasteiger partial charge on any atom is 0.341 e. The Kier molecular flexibility index (Phi) is 16.8. The van der Waals surface area contributed by atoms with Crippen molar-refractivity contribution in [2.75, 3.05) is 27.4 Å². The second-order valence-electron chi connectivity index (χ2n) is 5.11. The lowest BCUT2D eigenvalue weighted by Crippen LogP contribution is -2.36. The summed E-state index contributed by atoms with van der Waals surface area (Å²) in [5.74, 6) is -0.829. The molecule has 0 radical (unpaired) electrons. The number of esters is 2. The summed E-state index contributed by atoms with van der Waals surface area (Å²) in [5, 5.41) is 0. The topological polar surface area (TPSA) is 71.1 Å². The van der Waals surface area contributed by atoms with Crippen LogP contribution in [0.3, 0.4) is 0 Å². The molecule has 0 aromatic carbocycles. The van der Waals surface area contributed by atoms with Crippen LogP contribution in [0.4, 0.5) is 0 Å². The first-order valence-corrected chi connectivity index (χ1v) is 15.6. The summed E-state index contributed by atoms with van der Waals surface area (Å²) in [5.41, 5.74) is 0. The van der Waals surface area contributed by atoms with E-state index < -0.39 is 20.5 Å². The molecule has 11 heteroatoms. The molecule has 26 heavy (non-hydrogen) atoms. The van der Waals surface area contributed by atoms with Crippen molar-refractivity contribution in [1.82, 2.24) is 0 Å². The largest absolute Gasteiger partial charge is 0.463 e. The Morgan fingerprint density at radius 3 is 1.58 bits per heavy atom. The Morgan fingerprint density at radius 2 is 1.27 bits per heavy atom. The van der Waals surface area contributed by atoms with E-state index in [4.69, 9.17) is 46.8 Å². The van der Waals surface area contributed by atoms with E-state index in [9.17, 15) is 9.59 Å². The summed E-state index contributed by atoms with van der Waals surface area (Å²) in [4.78, 5) is 21.2. The molecule has 0 bridgehead atoms. The molecule has 152 valence electrons. The third-order valence-electron chi connectivity index (χ3n) is 3.07. The molecule has 0 saturated carbocycles. The molecule has 6 nitrogen and oxygen atoms in total. The van der Waals surface area contributed by atoms with Gasteiger partial charge in [-0.15, -0.1) is 33.2 Å². The van der Waals surface area contributed by atoms with Crippen LogP contribution in [0.25, 0.3) is 0 Å². The zero-order chi connectivity index (χ0) is 20.6. The fourth-order valence-electron chi connectivity index (χ4n) is 1.42. The van der Waals surface area contributed by atoms with E-state index in [1.165, 1.54) is 0 Å². The van der Waals surface area contributed by atoms with Gasteiger partial charge >= 0.3 is 26.5 Å². The van der Waals surface area contributed by atoms with Gasteiger partial charge in [-0.25, -0.2) is 9.59 Å². The van der Waals surface area contributed by atoms with Crippen molar-refractivity contribution in [3.63, 3.8) is 0 Å². The van der Waals surface area contributed by atoms with Crippen molar-refractivity contribution >= 4 is 59.7 Å². The highest BCUT2D eigenvalue weighted by molar-refractivity contribution is 7.64. The lowest BCUT2D eigenvalue weighted by Gasteiger charge is -2.22. The molecule has 0 aliphatic heterocycles. The number of hydrogen-bond donors (Lipinski definition) is 0. The van der Waals surface area contributed by atoms with E-state index in [2.05, 4.69) is 17.9 Å². The van der Waals surface area contributed by atoms with E-state index in [0.29, 0.717) is 19.1 Å². The number of halogens is 3. The third-order valence-corrected chi connectivity index (χ3v) is 8.68. The smallest absolute Gasteiger partial charge is 0.341 e. The van der Waals surface area contributed by atoms with Crippen LogP contribution in [-0.2, 0) is 27.9 Å². The summed E-state index contributed by atoms with van der Waals surface area (Å²) in [7, 11) is 1.29.